The second kappa shape index (κ2) is 4.63. The van der Waals surface area contributed by atoms with Crippen molar-refractivity contribution in [1.29, 1.82) is 0 Å². The summed E-state index contributed by atoms with van der Waals surface area (Å²) in [4.78, 5) is 3.86. The van der Waals surface area contributed by atoms with Gasteiger partial charge in [-0.3, -0.25) is 4.68 Å². The minimum Gasteiger partial charge on any atom is -0.435 e. The van der Waals surface area contributed by atoms with Gasteiger partial charge in [-0.25, -0.2) is 18.5 Å². The highest BCUT2D eigenvalue weighted by Crippen LogP contribution is 2.26. The summed E-state index contributed by atoms with van der Waals surface area (Å²) in [5.74, 6) is 0.893. The molecular weight excluding hydrogens is 268 g/mol. The van der Waals surface area contributed by atoms with Crippen LogP contribution in [-0.4, -0.2) is 23.2 Å². The van der Waals surface area contributed by atoms with Crippen molar-refractivity contribution in [3.8, 4) is 11.6 Å². The molecule has 102 valence electrons. The summed E-state index contributed by atoms with van der Waals surface area (Å²) in [6.07, 6.45) is 1.16. The second-order valence-corrected chi connectivity index (χ2v) is 5.66. The van der Waals surface area contributed by atoms with Crippen LogP contribution in [0.15, 0.2) is 23.2 Å². The Hall–Kier alpha value is -1.93. The van der Waals surface area contributed by atoms with Crippen molar-refractivity contribution in [1.82, 2.24) is 14.8 Å². The minimum absolute atomic E-state index is 0.0560. The summed E-state index contributed by atoms with van der Waals surface area (Å²) in [6, 6.07) is 2.80. The molecule has 0 fully saturated rings. The van der Waals surface area contributed by atoms with Gasteiger partial charge in [0.2, 0.25) is 15.9 Å². The molecule has 0 saturated heterocycles. The van der Waals surface area contributed by atoms with Crippen LogP contribution in [0.4, 0.5) is 0 Å². The number of nitrogens with zero attached hydrogens (tertiary/aromatic N) is 3. The lowest BCUT2D eigenvalue weighted by molar-refractivity contribution is 0.454. The Morgan fingerprint density at radius 2 is 2.00 bits per heavy atom. The van der Waals surface area contributed by atoms with Crippen molar-refractivity contribution in [2.24, 2.45) is 12.2 Å². The van der Waals surface area contributed by atoms with E-state index in [0.29, 0.717) is 5.75 Å². The number of primary sulfonamides is 1. The van der Waals surface area contributed by atoms with Crippen molar-refractivity contribution < 1.29 is 13.2 Å². The van der Waals surface area contributed by atoms with Crippen molar-refractivity contribution in [2.75, 3.05) is 0 Å². The summed E-state index contributed by atoms with van der Waals surface area (Å²) >= 11 is 0. The predicted octanol–water partition coefficient (Wildman–Crippen LogP) is 0.872. The van der Waals surface area contributed by atoms with Gasteiger partial charge >= 0.3 is 0 Å². The third-order valence-corrected chi connectivity index (χ3v) is 3.59. The lowest BCUT2D eigenvalue weighted by atomic mass is 10.3. The molecule has 0 spiro atoms. The molecule has 0 aliphatic rings. The Bertz CT molecular complexity index is 704. The number of hydrogen-bond donors (Lipinski definition) is 1. The number of ether oxygens (including phenoxy) is 1. The average molecular weight is 282 g/mol. The van der Waals surface area contributed by atoms with Crippen molar-refractivity contribution in [3.63, 3.8) is 0 Å². The molecule has 0 aliphatic heterocycles. The molecule has 0 saturated carbocycles. The first-order valence-electron chi connectivity index (χ1n) is 5.46. The fourth-order valence-electron chi connectivity index (χ4n) is 1.60. The summed E-state index contributed by atoms with van der Waals surface area (Å²) in [5, 5.41) is 9.20. The van der Waals surface area contributed by atoms with E-state index in [2.05, 4.69) is 10.1 Å². The number of aromatic nitrogens is 3. The third kappa shape index (κ3) is 2.74. The zero-order valence-electron chi connectivity index (χ0n) is 10.8. The molecule has 2 heterocycles. The van der Waals surface area contributed by atoms with Crippen LogP contribution in [0.3, 0.4) is 0 Å². The quantitative estimate of drug-likeness (QED) is 0.900. The molecule has 0 aliphatic carbocycles. The summed E-state index contributed by atoms with van der Waals surface area (Å²) < 4.78 is 29.5. The maximum absolute atomic E-state index is 11.1. The molecular formula is C11H14N4O3S. The van der Waals surface area contributed by atoms with Gasteiger partial charge in [0.15, 0.2) is 5.75 Å². The number of sulfonamides is 1. The van der Waals surface area contributed by atoms with Gasteiger partial charge < -0.3 is 4.74 Å². The van der Waals surface area contributed by atoms with Crippen LogP contribution < -0.4 is 9.88 Å². The van der Waals surface area contributed by atoms with Gasteiger partial charge in [0.05, 0.1) is 11.9 Å². The Kier molecular flexibility index (Phi) is 3.29. The van der Waals surface area contributed by atoms with E-state index < -0.39 is 10.0 Å². The molecule has 2 aromatic rings. The maximum Gasteiger partial charge on any atom is 0.239 e. The smallest absolute Gasteiger partial charge is 0.239 e. The van der Waals surface area contributed by atoms with Crippen molar-refractivity contribution in [3.05, 3.63) is 29.7 Å². The van der Waals surface area contributed by atoms with E-state index in [4.69, 9.17) is 9.88 Å². The molecule has 0 amide bonds. The van der Waals surface area contributed by atoms with E-state index >= 15 is 0 Å². The van der Waals surface area contributed by atoms with E-state index in [9.17, 15) is 8.42 Å². The Morgan fingerprint density at radius 1 is 1.32 bits per heavy atom. The van der Waals surface area contributed by atoms with Gasteiger partial charge in [0.25, 0.3) is 0 Å². The third-order valence-electron chi connectivity index (χ3n) is 2.69. The average Bonchev–Trinajstić information content (AvgIpc) is 2.56. The number of nitrogens with two attached hydrogens (primary N) is 1. The van der Waals surface area contributed by atoms with Gasteiger partial charge in [-0.1, -0.05) is 0 Å². The highest BCUT2D eigenvalue weighted by molar-refractivity contribution is 7.89. The summed E-state index contributed by atoms with van der Waals surface area (Å²) in [7, 11) is -1.93. The lowest BCUT2D eigenvalue weighted by Crippen LogP contribution is -2.12. The topological polar surface area (TPSA) is 100 Å². The van der Waals surface area contributed by atoms with Gasteiger partial charge in [-0.15, -0.1) is 0 Å². The first-order chi connectivity index (χ1) is 8.79. The van der Waals surface area contributed by atoms with E-state index in [-0.39, 0.29) is 10.8 Å². The first kappa shape index (κ1) is 13.5. The van der Waals surface area contributed by atoms with Crippen molar-refractivity contribution in [2.45, 2.75) is 18.7 Å². The van der Waals surface area contributed by atoms with Crippen LogP contribution in [-0.2, 0) is 17.1 Å². The molecule has 0 bridgehead atoms. The van der Waals surface area contributed by atoms with Crippen LogP contribution in [0, 0.1) is 13.8 Å². The van der Waals surface area contributed by atoms with Gasteiger partial charge in [0, 0.05) is 13.1 Å². The first-order valence-corrected chi connectivity index (χ1v) is 7.00. The molecule has 0 aromatic carbocycles. The number of pyridine rings is 1. The predicted molar refractivity (Wildman–Crippen MR) is 68.4 cm³/mol. The zero-order valence-corrected chi connectivity index (χ0v) is 11.6. The van der Waals surface area contributed by atoms with E-state index in [1.165, 1.54) is 12.1 Å². The zero-order chi connectivity index (χ0) is 14.2. The number of rotatable bonds is 3. The van der Waals surface area contributed by atoms with Crippen molar-refractivity contribution >= 4 is 10.0 Å². The van der Waals surface area contributed by atoms with Gasteiger partial charge in [0.1, 0.15) is 10.6 Å². The Balaban J connectivity index is 2.30. The van der Waals surface area contributed by atoms with E-state index in [0.717, 1.165) is 17.6 Å². The SMILES string of the molecule is Cc1nn(C)c(C)c1Oc1ccc(S(N)(=O)=O)cn1. The highest BCUT2D eigenvalue weighted by atomic mass is 32.2. The molecule has 0 atom stereocenters. The molecule has 19 heavy (non-hydrogen) atoms. The summed E-state index contributed by atoms with van der Waals surface area (Å²) in [5.41, 5.74) is 1.59. The molecule has 0 unspecified atom stereocenters. The molecule has 0 radical (unpaired) electrons. The van der Waals surface area contributed by atoms with E-state index in [1.807, 2.05) is 20.9 Å². The van der Waals surface area contributed by atoms with Gasteiger partial charge in [-0.2, -0.15) is 5.10 Å². The Labute approximate surface area is 111 Å². The molecule has 7 nitrogen and oxygen atoms in total. The highest BCUT2D eigenvalue weighted by Gasteiger charge is 2.13. The number of hydrogen-bond acceptors (Lipinski definition) is 5. The maximum atomic E-state index is 11.1. The monoisotopic (exact) mass is 282 g/mol. The normalized spacial score (nSPS) is 11.6. The van der Waals surface area contributed by atoms with Crippen LogP contribution in [0.25, 0.3) is 0 Å². The molecule has 8 heteroatoms. The standard InChI is InChI=1S/C11H14N4O3S/c1-7-11(8(2)15(3)14-7)18-10-5-4-9(6-13-10)19(12,16)17/h4-6H,1-3H3,(H2,12,16,17). The van der Waals surface area contributed by atoms with E-state index in [1.54, 1.807) is 4.68 Å². The van der Waals surface area contributed by atoms with Crippen LogP contribution in [0.5, 0.6) is 11.6 Å². The fraction of sp³-hybridized carbons (Fsp3) is 0.273. The van der Waals surface area contributed by atoms with Crippen LogP contribution in [0.2, 0.25) is 0 Å². The molecule has 2 aromatic heterocycles. The fourth-order valence-corrected chi connectivity index (χ4v) is 2.06. The lowest BCUT2D eigenvalue weighted by Gasteiger charge is -2.05. The molecule has 2 N–H and O–H groups in total. The van der Waals surface area contributed by atoms with Crippen LogP contribution in [0.1, 0.15) is 11.4 Å². The minimum atomic E-state index is -3.74. The summed E-state index contributed by atoms with van der Waals surface area (Å²) in [6.45, 7) is 3.69. The second-order valence-electron chi connectivity index (χ2n) is 4.10. The number of aryl methyl sites for hydroxylation is 2. The molecule has 2 rings (SSSR count). The van der Waals surface area contributed by atoms with Crippen LogP contribution >= 0.6 is 0 Å². The largest absolute Gasteiger partial charge is 0.435 e. The Morgan fingerprint density at radius 3 is 2.42 bits per heavy atom. The van der Waals surface area contributed by atoms with Gasteiger partial charge in [-0.05, 0) is 19.9 Å².